The molecule has 2 aromatic carbocycles. The average Bonchev–Trinajstić information content (AvgIpc) is 2.70. The van der Waals surface area contributed by atoms with Gasteiger partial charge in [-0.1, -0.05) is 84.2 Å². The van der Waals surface area contributed by atoms with Crippen molar-refractivity contribution in [2.24, 2.45) is 0 Å². The second kappa shape index (κ2) is 10.5. The van der Waals surface area contributed by atoms with Crippen molar-refractivity contribution in [3.63, 3.8) is 0 Å². The monoisotopic (exact) mass is 403 g/mol. The van der Waals surface area contributed by atoms with Gasteiger partial charge < -0.3 is 10.4 Å². The third-order valence-electron chi connectivity index (χ3n) is 3.37. The number of thioether (sulfide) groups is 2. The predicted octanol–water partition coefficient (Wildman–Crippen LogP) is 2.70. The van der Waals surface area contributed by atoms with Crippen molar-refractivity contribution < 1.29 is 24.3 Å². The molecule has 140 valence electrons. The number of carboxylic acids is 1. The van der Waals surface area contributed by atoms with Crippen LogP contribution in [0.25, 0.3) is 0 Å². The third kappa shape index (κ3) is 6.92. The lowest BCUT2D eigenvalue weighted by molar-refractivity contribution is -0.140. The number of benzene rings is 2. The molecular weight excluding hydrogens is 386 g/mol. The summed E-state index contributed by atoms with van der Waals surface area (Å²) < 4.78 is 0. The number of hydrogen-bond acceptors (Lipinski definition) is 6. The van der Waals surface area contributed by atoms with Crippen molar-refractivity contribution in [2.45, 2.75) is 6.04 Å². The highest BCUT2D eigenvalue weighted by atomic mass is 32.2. The van der Waals surface area contributed by atoms with Gasteiger partial charge in [0.25, 0.3) is 0 Å². The van der Waals surface area contributed by atoms with Crippen molar-refractivity contribution in [2.75, 3.05) is 11.5 Å². The first-order valence-electron chi connectivity index (χ1n) is 7.94. The molecule has 1 atom stereocenters. The van der Waals surface area contributed by atoms with Crippen LogP contribution in [0.2, 0.25) is 0 Å². The highest BCUT2D eigenvalue weighted by Gasteiger charge is 2.22. The molecule has 0 aliphatic rings. The molecule has 0 radical (unpaired) electrons. The van der Waals surface area contributed by atoms with E-state index in [1.807, 2.05) is 0 Å². The molecule has 0 aliphatic heterocycles. The summed E-state index contributed by atoms with van der Waals surface area (Å²) in [5.41, 5.74) is 0.927. The first-order chi connectivity index (χ1) is 13.0. The van der Waals surface area contributed by atoms with Crippen molar-refractivity contribution in [1.82, 2.24) is 5.32 Å². The van der Waals surface area contributed by atoms with E-state index in [-0.39, 0.29) is 21.7 Å². The molecule has 8 heteroatoms. The Morgan fingerprint density at radius 1 is 0.815 bits per heavy atom. The topological polar surface area (TPSA) is 101 Å². The Hall–Kier alpha value is -2.58. The van der Waals surface area contributed by atoms with E-state index in [2.05, 4.69) is 5.32 Å². The third-order valence-corrected chi connectivity index (χ3v) is 5.27. The van der Waals surface area contributed by atoms with E-state index in [0.29, 0.717) is 11.1 Å². The predicted molar refractivity (Wildman–Crippen MR) is 106 cm³/mol. The Morgan fingerprint density at radius 2 is 1.30 bits per heavy atom. The highest BCUT2D eigenvalue weighted by molar-refractivity contribution is 8.14. The van der Waals surface area contributed by atoms with Gasteiger partial charge in [0.2, 0.25) is 16.1 Å². The maximum atomic E-state index is 12.0. The maximum Gasteiger partial charge on any atom is 0.327 e. The average molecular weight is 403 g/mol. The fourth-order valence-electron chi connectivity index (χ4n) is 2.02. The summed E-state index contributed by atoms with van der Waals surface area (Å²) in [6.07, 6.45) is 0. The fourth-order valence-corrected chi connectivity index (χ4v) is 3.51. The standard InChI is InChI=1S/C19H17NO5S2/c21-16(12-27-19(25)14-9-5-2-6-10-14)20-15(17(22)23)11-26-18(24)13-7-3-1-4-8-13/h1-10,15H,11-12H2,(H,20,21)(H,22,23). The van der Waals surface area contributed by atoms with Gasteiger partial charge in [-0.3, -0.25) is 14.4 Å². The van der Waals surface area contributed by atoms with Crippen molar-refractivity contribution in [1.29, 1.82) is 0 Å². The zero-order valence-electron chi connectivity index (χ0n) is 14.2. The van der Waals surface area contributed by atoms with Gasteiger partial charge in [-0.05, 0) is 0 Å². The summed E-state index contributed by atoms with van der Waals surface area (Å²) in [7, 11) is 0. The Morgan fingerprint density at radius 3 is 1.78 bits per heavy atom. The van der Waals surface area contributed by atoms with Gasteiger partial charge in [0.15, 0.2) is 0 Å². The molecule has 0 aromatic heterocycles. The summed E-state index contributed by atoms with van der Waals surface area (Å²) in [6.45, 7) is 0. The molecule has 0 saturated carbocycles. The normalized spacial score (nSPS) is 11.4. The van der Waals surface area contributed by atoms with Crippen LogP contribution in [0.1, 0.15) is 20.7 Å². The van der Waals surface area contributed by atoms with Crippen LogP contribution in [0.3, 0.4) is 0 Å². The number of rotatable bonds is 8. The minimum Gasteiger partial charge on any atom is -0.480 e. The molecule has 1 amide bonds. The van der Waals surface area contributed by atoms with Crippen molar-refractivity contribution in [3.05, 3.63) is 71.8 Å². The molecule has 27 heavy (non-hydrogen) atoms. The minimum atomic E-state index is -1.24. The molecule has 0 spiro atoms. The molecule has 1 unspecified atom stereocenters. The summed E-state index contributed by atoms with van der Waals surface area (Å²) >= 11 is 1.62. The Kier molecular flexibility index (Phi) is 8.09. The molecule has 2 rings (SSSR count). The summed E-state index contributed by atoms with van der Waals surface area (Å²) in [6, 6.07) is 15.7. The second-order valence-corrected chi connectivity index (χ2v) is 7.31. The van der Waals surface area contributed by atoms with Gasteiger partial charge in [0, 0.05) is 16.9 Å². The maximum absolute atomic E-state index is 12.0. The fraction of sp³-hybridized carbons (Fsp3) is 0.158. The SMILES string of the molecule is O=C(CSC(=O)c1ccccc1)NC(CSC(=O)c1ccccc1)C(=O)O. The van der Waals surface area contributed by atoms with Crippen LogP contribution in [-0.2, 0) is 9.59 Å². The molecule has 0 heterocycles. The first-order valence-corrected chi connectivity index (χ1v) is 9.91. The van der Waals surface area contributed by atoms with E-state index in [1.165, 1.54) is 0 Å². The lowest BCUT2D eigenvalue weighted by Gasteiger charge is -2.13. The summed E-state index contributed by atoms with van der Waals surface area (Å²) in [4.78, 5) is 47.3. The van der Waals surface area contributed by atoms with Crippen molar-refractivity contribution in [3.8, 4) is 0 Å². The van der Waals surface area contributed by atoms with Crippen LogP contribution in [0.5, 0.6) is 0 Å². The van der Waals surface area contributed by atoms with E-state index >= 15 is 0 Å². The molecule has 0 fully saturated rings. The van der Waals surface area contributed by atoms with Gasteiger partial charge in [-0.2, -0.15) is 0 Å². The van der Waals surface area contributed by atoms with Gasteiger partial charge in [-0.25, -0.2) is 4.79 Å². The number of carboxylic acid groups (broad SMARTS) is 1. The lowest BCUT2D eigenvalue weighted by atomic mass is 10.2. The van der Waals surface area contributed by atoms with Gasteiger partial charge in [-0.15, -0.1) is 0 Å². The second-order valence-electron chi connectivity index (χ2n) is 5.36. The number of carbonyl (C=O) groups excluding carboxylic acids is 3. The van der Waals surface area contributed by atoms with Gasteiger partial charge in [0.1, 0.15) is 6.04 Å². The molecule has 2 aromatic rings. The lowest BCUT2D eigenvalue weighted by Crippen LogP contribution is -2.43. The van der Waals surface area contributed by atoms with Crippen LogP contribution in [-0.4, -0.2) is 44.8 Å². The Bertz CT molecular complexity index is 811. The quantitative estimate of drug-likeness (QED) is 0.699. The number of carbonyl (C=O) groups is 4. The number of hydrogen-bond donors (Lipinski definition) is 2. The molecule has 0 bridgehead atoms. The van der Waals surface area contributed by atoms with E-state index in [9.17, 15) is 24.3 Å². The minimum absolute atomic E-state index is 0.105. The molecule has 2 N–H and O–H groups in total. The van der Waals surface area contributed by atoms with E-state index in [4.69, 9.17) is 0 Å². The van der Waals surface area contributed by atoms with Crippen LogP contribution in [0.4, 0.5) is 0 Å². The largest absolute Gasteiger partial charge is 0.480 e. The number of nitrogens with one attached hydrogen (secondary N) is 1. The molecule has 0 aliphatic carbocycles. The first kappa shape index (κ1) is 20.7. The van der Waals surface area contributed by atoms with E-state index in [0.717, 1.165) is 23.5 Å². The van der Waals surface area contributed by atoms with E-state index < -0.39 is 17.9 Å². The van der Waals surface area contributed by atoms with Gasteiger partial charge >= 0.3 is 5.97 Å². The molecular formula is C19H17NO5S2. The molecule has 0 saturated heterocycles. The molecule has 6 nitrogen and oxygen atoms in total. The van der Waals surface area contributed by atoms with Crippen LogP contribution in [0.15, 0.2) is 60.7 Å². The Balaban J connectivity index is 1.82. The van der Waals surface area contributed by atoms with Crippen LogP contribution < -0.4 is 5.32 Å². The summed E-state index contributed by atoms with van der Waals surface area (Å²) in [5.74, 6) is -2.12. The zero-order chi connectivity index (χ0) is 19.6. The summed E-state index contributed by atoms with van der Waals surface area (Å²) in [5, 5.41) is 11.0. The van der Waals surface area contributed by atoms with Gasteiger partial charge in [0.05, 0.1) is 5.75 Å². The van der Waals surface area contributed by atoms with Crippen LogP contribution >= 0.6 is 23.5 Å². The Labute approximate surface area is 164 Å². The smallest absolute Gasteiger partial charge is 0.327 e. The zero-order valence-corrected chi connectivity index (χ0v) is 15.8. The number of amides is 1. The van der Waals surface area contributed by atoms with Crippen LogP contribution in [0, 0.1) is 0 Å². The number of aliphatic carboxylic acids is 1. The van der Waals surface area contributed by atoms with Crippen molar-refractivity contribution >= 4 is 45.6 Å². The van der Waals surface area contributed by atoms with E-state index in [1.54, 1.807) is 60.7 Å². The highest BCUT2D eigenvalue weighted by Crippen LogP contribution is 2.14.